The summed E-state index contributed by atoms with van der Waals surface area (Å²) >= 11 is 0. The van der Waals surface area contributed by atoms with Crippen LogP contribution in [0.25, 0.3) is 0 Å². The normalized spacial score (nSPS) is 19.8. The predicted octanol–water partition coefficient (Wildman–Crippen LogP) is 1.10. The fourth-order valence-electron chi connectivity index (χ4n) is 3.48. The largest absolute Gasteiger partial charge is 0.496 e. The molecule has 1 aromatic carbocycles. The standard InChI is InChI=1S/C17H27N3O2/c1-19-6-8-20(9-7-19)12-13-10-16(21-2)15-11-18-5-4-14(15)17(13)22-3/h10,18H,4-9,11-12H2,1-3H3. The second-order valence-electron chi connectivity index (χ2n) is 6.23. The predicted molar refractivity (Wildman–Crippen MR) is 87.7 cm³/mol. The number of methoxy groups -OCH3 is 2. The first-order valence-corrected chi connectivity index (χ1v) is 8.10. The summed E-state index contributed by atoms with van der Waals surface area (Å²) in [5.74, 6) is 2.06. The van der Waals surface area contributed by atoms with Gasteiger partial charge in [0.25, 0.3) is 0 Å². The Hall–Kier alpha value is -1.30. The van der Waals surface area contributed by atoms with Gasteiger partial charge in [-0.15, -0.1) is 0 Å². The van der Waals surface area contributed by atoms with Gasteiger partial charge < -0.3 is 19.7 Å². The van der Waals surface area contributed by atoms with E-state index in [1.165, 1.54) is 16.7 Å². The van der Waals surface area contributed by atoms with Gasteiger partial charge in [-0.25, -0.2) is 0 Å². The molecule has 122 valence electrons. The lowest BCUT2D eigenvalue weighted by Crippen LogP contribution is -2.44. The van der Waals surface area contributed by atoms with E-state index in [0.29, 0.717) is 0 Å². The summed E-state index contributed by atoms with van der Waals surface area (Å²) in [6.45, 7) is 7.30. The summed E-state index contributed by atoms with van der Waals surface area (Å²) in [6, 6.07) is 2.17. The SMILES string of the molecule is COc1cc(CN2CCN(C)CC2)c(OC)c2c1CNCC2. The maximum atomic E-state index is 5.79. The van der Waals surface area contributed by atoms with Crippen molar-refractivity contribution in [3.63, 3.8) is 0 Å². The van der Waals surface area contributed by atoms with E-state index in [4.69, 9.17) is 9.47 Å². The lowest BCUT2D eigenvalue weighted by atomic mass is 9.95. The van der Waals surface area contributed by atoms with E-state index in [2.05, 4.69) is 28.2 Å². The van der Waals surface area contributed by atoms with Gasteiger partial charge in [-0.2, -0.15) is 0 Å². The number of nitrogens with one attached hydrogen (secondary N) is 1. The molecule has 5 heteroatoms. The van der Waals surface area contributed by atoms with Crippen molar-refractivity contribution in [2.75, 3.05) is 54.0 Å². The zero-order valence-electron chi connectivity index (χ0n) is 13.9. The Bertz CT molecular complexity index is 525. The Morgan fingerprint density at radius 3 is 2.55 bits per heavy atom. The van der Waals surface area contributed by atoms with Gasteiger partial charge in [0.15, 0.2) is 0 Å². The lowest BCUT2D eigenvalue weighted by Gasteiger charge is -2.33. The summed E-state index contributed by atoms with van der Waals surface area (Å²) in [5.41, 5.74) is 3.84. The number of nitrogens with zero attached hydrogens (tertiary/aromatic N) is 2. The second-order valence-corrected chi connectivity index (χ2v) is 6.23. The molecule has 2 aliphatic rings. The molecule has 0 radical (unpaired) electrons. The Morgan fingerprint density at radius 1 is 1.09 bits per heavy atom. The fourth-order valence-corrected chi connectivity index (χ4v) is 3.48. The smallest absolute Gasteiger partial charge is 0.127 e. The summed E-state index contributed by atoms with van der Waals surface area (Å²) < 4.78 is 11.4. The molecule has 1 aromatic rings. The molecule has 1 fully saturated rings. The summed E-state index contributed by atoms with van der Waals surface area (Å²) in [6.07, 6.45) is 1.01. The molecule has 0 aromatic heterocycles. The first kappa shape index (κ1) is 15.6. The zero-order chi connectivity index (χ0) is 15.5. The van der Waals surface area contributed by atoms with Crippen molar-refractivity contribution in [2.24, 2.45) is 0 Å². The Kier molecular flexibility index (Phi) is 4.86. The van der Waals surface area contributed by atoms with Crippen LogP contribution in [0.1, 0.15) is 16.7 Å². The van der Waals surface area contributed by atoms with E-state index in [-0.39, 0.29) is 0 Å². The molecule has 0 bridgehead atoms. The van der Waals surface area contributed by atoms with Crippen molar-refractivity contribution in [1.82, 2.24) is 15.1 Å². The summed E-state index contributed by atoms with van der Waals surface area (Å²) in [7, 11) is 5.74. The molecule has 3 rings (SSSR count). The molecule has 2 heterocycles. The first-order chi connectivity index (χ1) is 10.7. The van der Waals surface area contributed by atoms with Crippen LogP contribution in [0.2, 0.25) is 0 Å². The number of hydrogen-bond acceptors (Lipinski definition) is 5. The monoisotopic (exact) mass is 305 g/mol. The highest BCUT2D eigenvalue weighted by molar-refractivity contribution is 5.54. The quantitative estimate of drug-likeness (QED) is 0.901. The van der Waals surface area contributed by atoms with E-state index in [1.807, 2.05) is 0 Å². The average Bonchev–Trinajstić information content (AvgIpc) is 2.56. The van der Waals surface area contributed by atoms with Gasteiger partial charge in [-0.3, -0.25) is 4.90 Å². The Morgan fingerprint density at radius 2 is 1.86 bits per heavy atom. The van der Waals surface area contributed by atoms with Crippen LogP contribution in [0.5, 0.6) is 11.5 Å². The van der Waals surface area contributed by atoms with Crippen LogP contribution in [0.4, 0.5) is 0 Å². The molecular weight excluding hydrogens is 278 g/mol. The number of fused-ring (bicyclic) bond motifs is 1. The minimum Gasteiger partial charge on any atom is -0.496 e. The van der Waals surface area contributed by atoms with E-state index in [1.54, 1.807) is 14.2 Å². The van der Waals surface area contributed by atoms with Crippen molar-refractivity contribution < 1.29 is 9.47 Å². The Labute approximate surface area is 133 Å². The fraction of sp³-hybridized carbons (Fsp3) is 0.647. The van der Waals surface area contributed by atoms with Crippen LogP contribution in [0.15, 0.2) is 6.07 Å². The van der Waals surface area contributed by atoms with Crippen LogP contribution >= 0.6 is 0 Å². The zero-order valence-corrected chi connectivity index (χ0v) is 13.9. The van der Waals surface area contributed by atoms with E-state index in [0.717, 1.165) is 63.7 Å². The van der Waals surface area contributed by atoms with Gasteiger partial charge in [-0.05, 0) is 26.1 Å². The van der Waals surface area contributed by atoms with Gasteiger partial charge in [0.1, 0.15) is 11.5 Å². The van der Waals surface area contributed by atoms with Gasteiger partial charge >= 0.3 is 0 Å². The van der Waals surface area contributed by atoms with Crippen molar-refractivity contribution in [1.29, 1.82) is 0 Å². The third-order valence-electron chi connectivity index (χ3n) is 4.80. The van der Waals surface area contributed by atoms with Crippen LogP contribution in [0, 0.1) is 0 Å². The number of likely N-dealkylation sites (N-methyl/N-ethyl adjacent to an activating group) is 1. The second kappa shape index (κ2) is 6.86. The van der Waals surface area contributed by atoms with Crippen molar-refractivity contribution in [2.45, 2.75) is 19.5 Å². The van der Waals surface area contributed by atoms with Gasteiger partial charge in [0, 0.05) is 56.0 Å². The maximum Gasteiger partial charge on any atom is 0.127 e. The van der Waals surface area contributed by atoms with Gasteiger partial charge in [-0.1, -0.05) is 0 Å². The third kappa shape index (κ3) is 3.07. The highest BCUT2D eigenvalue weighted by Gasteiger charge is 2.23. The van der Waals surface area contributed by atoms with Crippen molar-refractivity contribution in [3.8, 4) is 11.5 Å². The molecule has 0 saturated carbocycles. The highest BCUT2D eigenvalue weighted by Crippen LogP contribution is 2.37. The van der Waals surface area contributed by atoms with E-state index >= 15 is 0 Å². The molecule has 22 heavy (non-hydrogen) atoms. The molecular formula is C17H27N3O2. The van der Waals surface area contributed by atoms with Crippen molar-refractivity contribution >= 4 is 0 Å². The van der Waals surface area contributed by atoms with E-state index < -0.39 is 0 Å². The minimum atomic E-state index is 0.865. The molecule has 0 unspecified atom stereocenters. The number of piperazine rings is 1. The number of benzene rings is 1. The summed E-state index contributed by atoms with van der Waals surface area (Å²) in [4.78, 5) is 4.89. The molecule has 0 aliphatic carbocycles. The van der Waals surface area contributed by atoms with Crippen LogP contribution in [-0.4, -0.2) is 63.8 Å². The molecule has 2 aliphatic heterocycles. The number of ether oxygens (including phenoxy) is 2. The topological polar surface area (TPSA) is 37.0 Å². The maximum absolute atomic E-state index is 5.79. The number of hydrogen-bond donors (Lipinski definition) is 1. The first-order valence-electron chi connectivity index (χ1n) is 8.10. The molecule has 0 amide bonds. The molecule has 1 saturated heterocycles. The Balaban J connectivity index is 1.89. The van der Waals surface area contributed by atoms with Gasteiger partial charge in [0.2, 0.25) is 0 Å². The minimum absolute atomic E-state index is 0.865. The molecule has 0 spiro atoms. The lowest BCUT2D eigenvalue weighted by molar-refractivity contribution is 0.147. The van der Waals surface area contributed by atoms with Crippen molar-refractivity contribution in [3.05, 3.63) is 22.8 Å². The van der Waals surface area contributed by atoms with Crippen LogP contribution in [-0.2, 0) is 19.5 Å². The molecule has 5 nitrogen and oxygen atoms in total. The van der Waals surface area contributed by atoms with Gasteiger partial charge in [0.05, 0.1) is 14.2 Å². The van der Waals surface area contributed by atoms with E-state index in [9.17, 15) is 0 Å². The third-order valence-corrected chi connectivity index (χ3v) is 4.80. The summed E-state index contributed by atoms with van der Waals surface area (Å²) in [5, 5.41) is 3.42. The molecule has 1 N–H and O–H groups in total. The highest BCUT2D eigenvalue weighted by atomic mass is 16.5. The molecule has 0 atom stereocenters. The number of rotatable bonds is 4. The van der Waals surface area contributed by atoms with Crippen LogP contribution in [0.3, 0.4) is 0 Å². The average molecular weight is 305 g/mol. The van der Waals surface area contributed by atoms with Crippen LogP contribution < -0.4 is 14.8 Å².